The Bertz CT molecular complexity index is 1000. The van der Waals surface area contributed by atoms with Gasteiger partial charge in [0.2, 0.25) is 5.67 Å². The van der Waals surface area contributed by atoms with E-state index in [0.717, 1.165) is 17.5 Å². The topological polar surface area (TPSA) is 69.9 Å². The van der Waals surface area contributed by atoms with E-state index in [9.17, 15) is 15.1 Å². The number of aliphatic carboxylic acids is 1. The second-order valence-corrected chi connectivity index (χ2v) is 8.59. The maximum Gasteiger partial charge on any atom is 0.341 e. The molecule has 1 aliphatic carbocycles. The number of carbonyl (C=O) groups is 1. The van der Waals surface area contributed by atoms with Gasteiger partial charge >= 0.3 is 5.97 Å². The molecule has 0 amide bonds. The molecule has 32 heavy (non-hydrogen) atoms. The van der Waals surface area contributed by atoms with Gasteiger partial charge in [-0.3, -0.25) is 0 Å². The van der Waals surface area contributed by atoms with Crippen molar-refractivity contribution in [2.75, 3.05) is 0 Å². The van der Waals surface area contributed by atoms with Crippen LogP contribution in [-0.2, 0) is 16.6 Å². The zero-order valence-electron chi connectivity index (χ0n) is 17.8. The highest BCUT2D eigenvalue weighted by atomic mass is 35.5. The molecule has 0 saturated carbocycles. The maximum atomic E-state index is 15.7. The number of hydrogen-bond donors (Lipinski definition) is 2. The number of oxime groups is 1. The highest BCUT2D eigenvalue weighted by molar-refractivity contribution is 6.30. The number of allylic oxidation sites excluding steroid dienone is 4. The van der Waals surface area contributed by atoms with Crippen LogP contribution in [0, 0.1) is 0 Å². The number of halogens is 2. The zero-order valence-corrected chi connectivity index (χ0v) is 18.5. The van der Waals surface area contributed by atoms with Crippen LogP contribution in [-0.4, -0.2) is 27.7 Å². The highest BCUT2D eigenvalue weighted by Crippen LogP contribution is 2.39. The van der Waals surface area contributed by atoms with Crippen LogP contribution in [0.15, 0.2) is 84.1 Å². The third-order valence-electron chi connectivity index (χ3n) is 6.03. The molecular weight excluding hydrogens is 429 g/mol. The third kappa shape index (κ3) is 5.46. The molecule has 0 radical (unpaired) electrons. The molecule has 6 heteroatoms. The van der Waals surface area contributed by atoms with E-state index in [2.05, 4.69) is 5.16 Å². The summed E-state index contributed by atoms with van der Waals surface area (Å²) in [5.74, 6) is -1.54. The van der Waals surface area contributed by atoms with Crippen LogP contribution in [0.1, 0.15) is 43.2 Å². The molecule has 2 N–H and O–H groups in total. The molecule has 2 aromatic rings. The number of alkyl halides is 1. The lowest BCUT2D eigenvalue weighted by molar-refractivity contribution is -0.151. The van der Waals surface area contributed by atoms with E-state index in [1.807, 2.05) is 48.6 Å². The number of carboxylic acid groups (broad SMARTS) is 1. The first-order chi connectivity index (χ1) is 15.4. The number of benzene rings is 2. The lowest BCUT2D eigenvalue weighted by Crippen LogP contribution is -2.43. The first kappa shape index (κ1) is 23.7. The second-order valence-electron chi connectivity index (χ2n) is 8.16. The monoisotopic (exact) mass is 455 g/mol. The minimum Gasteiger partial charge on any atom is -0.479 e. The number of carboxylic acids is 1. The van der Waals surface area contributed by atoms with Crippen molar-refractivity contribution in [1.29, 1.82) is 0 Å². The lowest BCUT2D eigenvalue weighted by atomic mass is 9.69. The Labute approximate surface area is 192 Å². The van der Waals surface area contributed by atoms with Gasteiger partial charge in [-0.15, -0.1) is 0 Å². The van der Waals surface area contributed by atoms with Crippen LogP contribution in [0.25, 0.3) is 0 Å². The van der Waals surface area contributed by atoms with Crippen molar-refractivity contribution in [2.24, 2.45) is 5.16 Å². The van der Waals surface area contributed by atoms with E-state index in [-0.39, 0.29) is 12.1 Å². The summed E-state index contributed by atoms with van der Waals surface area (Å²) in [6, 6.07) is 16.8. The van der Waals surface area contributed by atoms with E-state index in [4.69, 9.17) is 11.6 Å². The molecule has 2 atom stereocenters. The smallest absolute Gasteiger partial charge is 0.341 e. The summed E-state index contributed by atoms with van der Waals surface area (Å²) in [4.78, 5) is 11.9. The molecule has 3 rings (SSSR count). The number of nitrogens with zero attached hydrogens (tertiary/aromatic N) is 1. The van der Waals surface area contributed by atoms with E-state index in [0.29, 0.717) is 24.3 Å². The summed E-state index contributed by atoms with van der Waals surface area (Å²) in [6.07, 6.45) is 8.93. The fourth-order valence-electron chi connectivity index (χ4n) is 4.16. The van der Waals surface area contributed by atoms with Crippen molar-refractivity contribution in [3.8, 4) is 0 Å². The van der Waals surface area contributed by atoms with Crippen molar-refractivity contribution in [3.05, 3.63) is 95.1 Å². The van der Waals surface area contributed by atoms with Crippen molar-refractivity contribution < 1.29 is 19.5 Å². The van der Waals surface area contributed by atoms with Gasteiger partial charge in [0, 0.05) is 11.4 Å². The molecule has 1 aliphatic rings. The Hall–Kier alpha value is -2.92. The van der Waals surface area contributed by atoms with Gasteiger partial charge in [0.1, 0.15) is 0 Å². The number of rotatable bonds is 10. The lowest BCUT2D eigenvalue weighted by Gasteiger charge is -2.35. The van der Waals surface area contributed by atoms with Gasteiger partial charge in [-0.2, -0.15) is 0 Å². The van der Waals surface area contributed by atoms with E-state index in [1.165, 1.54) is 0 Å². The highest BCUT2D eigenvalue weighted by Gasteiger charge is 2.45. The molecule has 0 fully saturated rings. The van der Waals surface area contributed by atoms with Crippen molar-refractivity contribution in [1.82, 2.24) is 0 Å². The van der Waals surface area contributed by atoms with Crippen molar-refractivity contribution >= 4 is 23.3 Å². The summed E-state index contributed by atoms with van der Waals surface area (Å²) in [5.41, 5.74) is -1.51. The largest absolute Gasteiger partial charge is 0.479 e. The quantitative estimate of drug-likeness (QED) is 0.185. The standard InChI is InChI=1S/C26H27ClFNO3/c27-22-14-12-21(13-15-22)25(16-6-2-7-17-25)23(29-32)19-26(28,24(30)31)18-8-5-11-20-9-3-1-4-10-20/h1-4,6-7,9-10,12-16,32H,5,8,11,17-19H2,(H,30,31)/b29-23+. The molecule has 0 bridgehead atoms. The molecule has 0 aliphatic heterocycles. The van der Waals surface area contributed by atoms with Crippen LogP contribution < -0.4 is 0 Å². The fourth-order valence-corrected chi connectivity index (χ4v) is 4.29. The number of hydrogen-bond acceptors (Lipinski definition) is 3. The molecule has 2 aromatic carbocycles. The Balaban J connectivity index is 1.78. The first-order valence-corrected chi connectivity index (χ1v) is 11.1. The predicted octanol–water partition coefficient (Wildman–Crippen LogP) is 6.52. The Kier molecular flexibility index (Phi) is 7.86. The van der Waals surface area contributed by atoms with Crippen LogP contribution in [0.4, 0.5) is 4.39 Å². The molecule has 2 unspecified atom stereocenters. The van der Waals surface area contributed by atoms with E-state index < -0.39 is 23.5 Å². The minimum atomic E-state index is -2.54. The fraction of sp³-hybridized carbons (Fsp3) is 0.308. The minimum absolute atomic E-state index is 0.0772. The summed E-state index contributed by atoms with van der Waals surface area (Å²) in [5, 5.41) is 23.6. The molecular formula is C26H27ClFNO3. The predicted molar refractivity (Wildman–Crippen MR) is 125 cm³/mol. The first-order valence-electron chi connectivity index (χ1n) is 10.7. The summed E-state index contributed by atoms with van der Waals surface area (Å²) >= 11 is 6.02. The van der Waals surface area contributed by atoms with Gasteiger partial charge in [-0.05, 0) is 55.4 Å². The van der Waals surface area contributed by atoms with Crippen LogP contribution >= 0.6 is 11.6 Å². The van der Waals surface area contributed by atoms with Gasteiger partial charge in [-0.25, -0.2) is 9.18 Å². The Morgan fingerprint density at radius 2 is 1.81 bits per heavy atom. The SMILES string of the molecule is O=C(O)C(F)(CCCCc1ccccc1)C/C(=N\O)C1(c2ccc(Cl)cc2)C=CC=CC1. The second kappa shape index (κ2) is 10.6. The van der Waals surface area contributed by atoms with Crippen LogP contribution in [0.5, 0.6) is 0 Å². The average Bonchev–Trinajstić information content (AvgIpc) is 2.82. The van der Waals surface area contributed by atoms with Crippen molar-refractivity contribution in [2.45, 2.75) is 49.6 Å². The maximum absolute atomic E-state index is 15.7. The van der Waals surface area contributed by atoms with E-state index in [1.54, 1.807) is 30.3 Å². The molecule has 168 valence electrons. The molecule has 0 heterocycles. The molecule has 0 aromatic heterocycles. The summed E-state index contributed by atoms with van der Waals surface area (Å²) < 4.78 is 15.7. The Morgan fingerprint density at radius 3 is 2.41 bits per heavy atom. The Morgan fingerprint density at radius 1 is 1.09 bits per heavy atom. The molecule has 4 nitrogen and oxygen atoms in total. The third-order valence-corrected chi connectivity index (χ3v) is 6.28. The number of unbranched alkanes of at least 4 members (excludes halogenated alkanes) is 1. The normalized spacial score (nSPS) is 20.1. The average molecular weight is 456 g/mol. The molecule has 0 saturated heterocycles. The summed E-state index contributed by atoms with van der Waals surface area (Å²) in [7, 11) is 0. The van der Waals surface area contributed by atoms with Crippen molar-refractivity contribution in [3.63, 3.8) is 0 Å². The molecule has 0 spiro atoms. The van der Waals surface area contributed by atoms with Gasteiger partial charge in [0.05, 0.1) is 11.1 Å². The van der Waals surface area contributed by atoms with Gasteiger partial charge in [0.15, 0.2) is 0 Å². The van der Waals surface area contributed by atoms with E-state index >= 15 is 4.39 Å². The van der Waals surface area contributed by atoms with Crippen LogP contribution in [0.3, 0.4) is 0 Å². The summed E-state index contributed by atoms with van der Waals surface area (Å²) in [6.45, 7) is 0. The van der Waals surface area contributed by atoms with Gasteiger partial charge in [-0.1, -0.05) is 83.5 Å². The number of aryl methyl sites for hydroxylation is 1. The van der Waals surface area contributed by atoms with Gasteiger partial charge < -0.3 is 10.3 Å². The van der Waals surface area contributed by atoms with Crippen LogP contribution in [0.2, 0.25) is 5.02 Å². The van der Waals surface area contributed by atoms with Gasteiger partial charge in [0.25, 0.3) is 0 Å². The zero-order chi connectivity index (χ0) is 23.0.